The highest BCUT2D eigenvalue weighted by atomic mass is 79.9. The lowest BCUT2D eigenvalue weighted by atomic mass is 9.61. The quantitative estimate of drug-likeness (QED) is 0.193. The van der Waals surface area contributed by atoms with E-state index < -0.39 is 0 Å². The number of nitrogens with zero attached hydrogens (tertiary/aromatic N) is 3. The van der Waals surface area contributed by atoms with Gasteiger partial charge in [0.15, 0.2) is 5.65 Å². The number of hydrogen-bond donors (Lipinski definition) is 3. The van der Waals surface area contributed by atoms with Crippen LogP contribution in [0, 0.1) is 17.8 Å². The van der Waals surface area contributed by atoms with Gasteiger partial charge in [0.05, 0.1) is 16.4 Å². The summed E-state index contributed by atoms with van der Waals surface area (Å²) >= 11 is 10.0. The summed E-state index contributed by atoms with van der Waals surface area (Å²) in [4.78, 5) is 17.7. The lowest BCUT2D eigenvalue weighted by molar-refractivity contribution is 0.0625. The number of carbonyl (C=O) groups is 1. The maximum absolute atomic E-state index is 12.9. The van der Waals surface area contributed by atoms with E-state index in [0.29, 0.717) is 35.6 Å². The third-order valence-electron chi connectivity index (χ3n) is 8.54. The molecule has 2 aromatic carbocycles. The zero-order valence-corrected chi connectivity index (χ0v) is 25.8. The van der Waals surface area contributed by atoms with Crippen LogP contribution < -0.4 is 16.0 Å². The predicted octanol–water partition coefficient (Wildman–Crippen LogP) is 7.83. The molecule has 0 saturated heterocycles. The molecule has 6 rings (SSSR count). The van der Waals surface area contributed by atoms with Crippen LogP contribution in [0.3, 0.4) is 0 Å². The monoisotopic (exact) mass is 634 g/mol. The number of aromatic nitrogens is 3. The maximum Gasteiger partial charge on any atom is 0.315 e. The standard InChI is InChI=1S/C32H36BrClN6O/c1-20-11-24-12-21(2)15-32(14-20,16-24)39-31(41)36-18-23-9-7-22(8-10-23)17-35-29-13-28(25-5-3-4-6-27(25)34)38-30-26(33)19-37-40(29)30/h3-10,13,19-21,24,35H,11-12,14-18H2,1-2H3,(H2,36,39,41)/t20-,21+,24?,32?. The molecule has 2 saturated carbocycles. The number of amides is 2. The average Bonchev–Trinajstić information content (AvgIpc) is 3.31. The Balaban J connectivity index is 1.08. The summed E-state index contributed by atoms with van der Waals surface area (Å²) in [5.74, 6) is 2.89. The van der Waals surface area contributed by atoms with E-state index in [2.05, 4.69) is 75.1 Å². The summed E-state index contributed by atoms with van der Waals surface area (Å²) in [6.07, 6.45) is 7.62. The second-order valence-corrected chi connectivity index (χ2v) is 13.4. The van der Waals surface area contributed by atoms with Crippen LogP contribution in [0.5, 0.6) is 0 Å². The van der Waals surface area contributed by atoms with E-state index in [4.69, 9.17) is 16.6 Å². The van der Waals surface area contributed by atoms with Gasteiger partial charge in [0, 0.05) is 35.3 Å². The molecule has 41 heavy (non-hydrogen) atoms. The van der Waals surface area contributed by atoms with E-state index in [0.717, 1.165) is 57.9 Å². The first-order valence-corrected chi connectivity index (χ1v) is 15.6. The molecule has 2 aliphatic carbocycles. The summed E-state index contributed by atoms with van der Waals surface area (Å²) < 4.78 is 2.59. The third-order valence-corrected chi connectivity index (χ3v) is 9.43. The van der Waals surface area contributed by atoms with E-state index in [1.807, 2.05) is 30.3 Å². The molecule has 0 radical (unpaired) electrons. The molecule has 2 heterocycles. The fourth-order valence-electron chi connectivity index (χ4n) is 7.16. The number of carbonyl (C=O) groups excluding carboxylic acids is 1. The van der Waals surface area contributed by atoms with Gasteiger partial charge in [-0.3, -0.25) is 0 Å². The van der Waals surface area contributed by atoms with E-state index >= 15 is 0 Å². The molecule has 2 unspecified atom stereocenters. The molecule has 2 aliphatic rings. The smallest absolute Gasteiger partial charge is 0.315 e. The minimum atomic E-state index is -0.0564. The highest BCUT2D eigenvalue weighted by Crippen LogP contribution is 2.47. The summed E-state index contributed by atoms with van der Waals surface area (Å²) in [5, 5.41) is 15.1. The Morgan fingerprint density at radius 1 is 1.02 bits per heavy atom. The molecule has 7 nitrogen and oxygen atoms in total. The van der Waals surface area contributed by atoms with Crippen LogP contribution in [0.2, 0.25) is 5.02 Å². The molecule has 4 atom stereocenters. The SMILES string of the molecule is C[C@@H]1CC2C[C@H](C)CC(NC(=O)NCc3ccc(CNc4cc(-c5ccccc5Cl)nc5c(Br)cnn45)cc3)(C2)C1. The van der Waals surface area contributed by atoms with Gasteiger partial charge in [0.2, 0.25) is 0 Å². The second-order valence-electron chi connectivity index (χ2n) is 12.2. The molecule has 9 heteroatoms. The summed E-state index contributed by atoms with van der Waals surface area (Å²) in [5.41, 5.74) is 4.48. The van der Waals surface area contributed by atoms with Crippen molar-refractivity contribution in [2.24, 2.45) is 17.8 Å². The molecule has 2 fully saturated rings. The Kier molecular flexibility index (Phi) is 7.97. The number of anilines is 1. The lowest BCUT2D eigenvalue weighted by Crippen LogP contribution is -2.58. The van der Waals surface area contributed by atoms with Gasteiger partial charge in [-0.1, -0.05) is 67.9 Å². The van der Waals surface area contributed by atoms with Crippen molar-refractivity contribution in [3.05, 3.63) is 81.4 Å². The predicted molar refractivity (Wildman–Crippen MR) is 168 cm³/mol. The zero-order valence-electron chi connectivity index (χ0n) is 23.5. The highest BCUT2D eigenvalue weighted by molar-refractivity contribution is 9.10. The van der Waals surface area contributed by atoms with E-state index in [1.165, 1.54) is 12.8 Å². The van der Waals surface area contributed by atoms with Crippen LogP contribution >= 0.6 is 27.5 Å². The Labute approximate surface area is 254 Å². The maximum atomic E-state index is 12.9. The molecular weight excluding hydrogens is 600 g/mol. The van der Waals surface area contributed by atoms with Gasteiger partial charge in [0.25, 0.3) is 0 Å². The number of benzene rings is 2. The van der Waals surface area contributed by atoms with Crippen LogP contribution in [-0.4, -0.2) is 26.2 Å². The normalized spacial score (nSPS) is 23.8. The van der Waals surface area contributed by atoms with Crippen molar-refractivity contribution in [2.75, 3.05) is 5.32 Å². The Morgan fingerprint density at radius 3 is 2.41 bits per heavy atom. The number of urea groups is 1. The molecular formula is C32H36BrClN6O. The van der Waals surface area contributed by atoms with Crippen molar-refractivity contribution in [3.8, 4) is 11.3 Å². The van der Waals surface area contributed by atoms with Crippen molar-refractivity contribution in [1.29, 1.82) is 0 Å². The molecule has 0 aliphatic heterocycles. The van der Waals surface area contributed by atoms with Gasteiger partial charge < -0.3 is 16.0 Å². The first kappa shape index (κ1) is 28.0. The molecule has 3 N–H and O–H groups in total. The van der Waals surface area contributed by atoms with Crippen molar-refractivity contribution in [2.45, 2.75) is 64.6 Å². The first-order chi connectivity index (χ1) is 19.8. The van der Waals surface area contributed by atoms with Gasteiger partial charge in [-0.2, -0.15) is 9.61 Å². The molecule has 214 valence electrons. The van der Waals surface area contributed by atoms with Crippen LogP contribution in [0.15, 0.2) is 65.3 Å². The van der Waals surface area contributed by atoms with Crippen molar-refractivity contribution in [1.82, 2.24) is 25.2 Å². The van der Waals surface area contributed by atoms with Gasteiger partial charge in [0.1, 0.15) is 5.82 Å². The van der Waals surface area contributed by atoms with Gasteiger partial charge in [-0.25, -0.2) is 9.78 Å². The minimum absolute atomic E-state index is 0.0478. The minimum Gasteiger partial charge on any atom is -0.366 e. The van der Waals surface area contributed by atoms with Gasteiger partial charge >= 0.3 is 6.03 Å². The Morgan fingerprint density at radius 2 is 1.71 bits per heavy atom. The number of rotatable bonds is 7. The van der Waals surface area contributed by atoms with Crippen LogP contribution in [0.1, 0.15) is 57.1 Å². The van der Waals surface area contributed by atoms with E-state index in [9.17, 15) is 4.79 Å². The molecule has 0 spiro atoms. The molecule has 2 bridgehead atoms. The van der Waals surface area contributed by atoms with Crippen LogP contribution in [-0.2, 0) is 13.1 Å². The zero-order chi connectivity index (χ0) is 28.6. The highest BCUT2D eigenvalue weighted by Gasteiger charge is 2.45. The molecule has 4 aromatic rings. The van der Waals surface area contributed by atoms with Crippen molar-refractivity contribution < 1.29 is 4.79 Å². The van der Waals surface area contributed by atoms with Gasteiger partial charge in [-0.05, 0) is 83.0 Å². The largest absolute Gasteiger partial charge is 0.366 e. The summed E-state index contributed by atoms with van der Waals surface area (Å²) in [7, 11) is 0. The third kappa shape index (κ3) is 6.24. The lowest BCUT2D eigenvalue weighted by Gasteiger charge is -2.50. The van der Waals surface area contributed by atoms with Crippen molar-refractivity contribution >= 4 is 45.0 Å². The van der Waals surface area contributed by atoms with Crippen molar-refractivity contribution in [3.63, 3.8) is 0 Å². The van der Waals surface area contributed by atoms with Crippen LogP contribution in [0.4, 0.5) is 10.6 Å². The van der Waals surface area contributed by atoms with Gasteiger partial charge in [-0.15, -0.1) is 0 Å². The summed E-state index contributed by atoms with van der Waals surface area (Å²) in [6, 6.07) is 17.9. The van der Waals surface area contributed by atoms with E-state index in [-0.39, 0.29) is 11.6 Å². The summed E-state index contributed by atoms with van der Waals surface area (Å²) in [6.45, 7) is 5.76. The Bertz CT molecular complexity index is 1530. The number of hydrogen-bond acceptors (Lipinski definition) is 4. The fourth-order valence-corrected chi connectivity index (χ4v) is 7.74. The molecule has 2 aromatic heterocycles. The average molecular weight is 636 g/mol. The number of fused-ring (bicyclic) bond motifs is 3. The fraction of sp³-hybridized carbons (Fsp3) is 0.406. The number of halogens is 2. The number of nitrogens with one attached hydrogen (secondary N) is 3. The first-order valence-electron chi connectivity index (χ1n) is 14.4. The Hall–Kier alpha value is -3.10. The topological polar surface area (TPSA) is 83.4 Å². The van der Waals surface area contributed by atoms with Crippen LogP contribution in [0.25, 0.3) is 16.9 Å². The molecule has 2 amide bonds. The second kappa shape index (κ2) is 11.6. The van der Waals surface area contributed by atoms with E-state index in [1.54, 1.807) is 10.7 Å².